The van der Waals surface area contributed by atoms with Crippen molar-refractivity contribution >= 4 is 45.3 Å². The van der Waals surface area contributed by atoms with Crippen LogP contribution in [0.15, 0.2) is 79.0 Å². The molecule has 182 valence electrons. The summed E-state index contributed by atoms with van der Waals surface area (Å²) < 4.78 is 5.44. The van der Waals surface area contributed by atoms with Crippen molar-refractivity contribution in [2.24, 2.45) is 5.41 Å². The van der Waals surface area contributed by atoms with Crippen molar-refractivity contribution < 1.29 is 14.7 Å². The first-order valence-corrected chi connectivity index (χ1v) is 13.0. The van der Waals surface area contributed by atoms with Crippen LogP contribution in [0.4, 0.5) is 5.69 Å². The molecule has 6 heteroatoms. The van der Waals surface area contributed by atoms with Crippen LogP contribution in [0.3, 0.4) is 0 Å². The standard InChI is InChI=1S/C30H28N2O3S/c33-28(34)14-9-21-5-4-6-26(17-21)32-29(35)30(15-2-1-3-16-30)19-22-7-10-23(11-8-22)24-12-13-25-20-31-36-27(25)18-24/h4-14,17-18,20H,1-3,15-16,19H2,(H,32,35)(H,33,34)/b14-9+. The van der Waals surface area contributed by atoms with Gasteiger partial charge in [0.05, 0.1) is 10.1 Å². The minimum absolute atomic E-state index is 0.0429. The zero-order chi connectivity index (χ0) is 25.0. The van der Waals surface area contributed by atoms with Crippen molar-refractivity contribution in [1.82, 2.24) is 4.37 Å². The number of amides is 1. The average molecular weight is 497 g/mol. The number of nitrogens with one attached hydrogen (secondary N) is 1. The van der Waals surface area contributed by atoms with Crippen LogP contribution in [-0.4, -0.2) is 21.4 Å². The second kappa shape index (κ2) is 10.5. The maximum atomic E-state index is 13.6. The Hall–Kier alpha value is -3.77. The van der Waals surface area contributed by atoms with Crippen molar-refractivity contribution in [3.05, 3.63) is 90.1 Å². The average Bonchev–Trinajstić information content (AvgIpc) is 3.37. The molecule has 0 atom stereocenters. The molecule has 0 saturated heterocycles. The van der Waals surface area contributed by atoms with E-state index in [0.717, 1.165) is 60.3 Å². The largest absolute Gasteiger partial charge is 0.478 e. The molecule has 1 heterocycles. The third-order valence-corrected chi connectivity index (χ3v) is 7.80. The van der Waals surface area contributed by atoms with Gasteiger partial charge < -0.3 is 10.4 Å². The van der Waals surface area contributed by atoms with E-state index in [-0.39, 0.29) is 5.91 Å². The lowest BCUT2D eigenvalue weighted by Gasteiger charge is -2.36. The van der Waals surface area contributed by atoms with Gasteiger partial charge in [0.15, 0.2) is 0 Å². The van der Waals surface area contributed by atoms with E-state index in [4.69, 9.17) is 5.11 Å². The lowest BCUT2D eigenvalue weighted by molar-refractivity contribution is -0.131. The molecule has 36 heavy (non-hydrogen) atoms. The highest BCUT2D eigenvalue weighted by Gasteiger charge is 2.39. The zero-order valence-corrected chi connectivity index (χ0v) is 20.8. The first kappa shape index (κ1) is 23.9. The fourth-order valence-corrected chi connectivity index (χ4v) is 5.79. The van der Waals surface area contributed by atoms with Crippen LogP contribution in [0.2, 0.25) is 0 Å². The van der Waals surface area contributed by atoms with Gasteiger partial charge in [0, 0.05) is 23.3 Å². The smallest absolute Gasteiger partial charge is 0.328 e. The summed E-state index contributed by atoms with van der Waals surface area (Å²) in [5.41, 5.74) is 4.45. The minimum atomic E-state index is -0.999. The Kier molecular flexibility index (Phi) is 6.96. The van der Waals surface area contributed by atoms with E-state index in [1.807, 2.05) is 30.5 Å². The van der Waals surface area contributed by atoms with Crippen LogP contribution in [0.5, 0.6) is 0 Å². The Morgan fingerprint density at radius 2 is 1.75 bits per heavy atom. The van der Waals surface area contributed by atoms with Crippen LogP contribution in [-0.2, 0) is 16.0 Å². The van der Waals surface area contributed by atoms with Crippen LogP contribution in [0, 0.1) is 5.41 Å². The van der Waals surface area contributed by atoms with Crippen LogP contribution in [0.1, 0.15) is 43.2 Å². The lowest BCUT2D eigenvalue weighted by Crippen LogP contribution is -2.40. The van der Waals surface area contributed by atoms with E-state index in [2.05, 4.69) is 52.2 Å². The van der Waals surface area contributed by atoms with E-state index in [0.29, 0.717) is 12.1 Å². The number of carbonyl (C=O) groups is 2. The summed E-state index contributed by atoms with van der Waals surface area (Å²) >= 11 is 1.51. The number of carbonyl (C=O) groups excluding carboxylic acids is 1. The van der Waals surface area contributed by atoms with Gasteiger partial charge in [-0.25, -0.2) is 4.79 Å². The topological polar surface area (TPSA) is 79.3 Å². The van der Waals surface area contributed by atoms with E-state index in [1.54, 1.807) is 0 Å². The summed E-state index contributed by atoms with van der Waals surface area (Å²) in [6.45, 7) is 0. The molecular weight excluding hydrogens is 468 g/mol. The molecule has 0 bridgehead atoms. The highest BCUT2D eigenvalue weighted by atomic mass is 32.1. The maximum absolute atomic E-state index is 13.6. The summed E-state index contributed by atoms with van der Waals surface area (Å²) in [5, 5.41) is 13.2. The molecule has 0 aliphatic heterocycles. The Bertz CT molecular complexity index is 1420. The third-order valence-electron chi connectivity index (χ3n) is 7.04. The number of benzene rings is 3. The molecule has 0 unspecified atom stereocenters. The Morgan fingerprint density at radius 3 is 2.53 bits per heavy atom. The quantitative estimate of drug-likeness (QED) is 0.265. The maximum Gasteiger partial charge on any atom is 0.328 e. The molecule has 0 radical (unpaired) electrons. The third kappa shape index (κ3) is 5.39. The number of hydrogen-bond acceptors (Lipinski definition) is 4. The summed E-state index contributed by atoms with van der Waals surface area (Å²) in [6.07, 6.45) is 10.2. The van der Waals surface area contributed by atoms with Gasteiger partial charge in [0.1, 0.15) is 0 Å². The van der Waals surface area contributed by atoms with Gasteiger partial charge in [0.2, 0.25) is 5.91 Å². The van der Waals surface area contributed by atoms with Crippen molar-refractivity contribution in [1.29, 1.82) is 0 Å². The molecular formula is C30H28N2O3S. The van der Waals surface area contributed by atoms with Crippen LogP contribution < -0.4 is 5.32 Å². The molecule has 0 spiro atoms. The van der Waals surface area contributed by atoms with Crippen molar-refractivity contribution in [2.75, 3.05) is 5.32 Å². The molecule has 5 nitrogen and oxygen atoms in total. The Morgan fingerprint density at radius 1 is 0.972 bits per heavy atom. The number of aromatic nitrogens is 1. The highest BCUT2D eigenvalue weighted by Crippen LogP contribution is 2.41. The molecule has 5 rings (SSSR count). The molecule has 1 fully saturated rings. The number of carboxylic acids is 1. The van der Waals surface area contributed by atoms with Gasteiger partial charge in [-0.05, 0) is 77.3 Å². The highest BCUT2D eigenvalue weighted by molar-refractivity contribution is 7.13. The van der Waals surface area contributed by atoms with Gasteiger partial charge in [0.25, 0.3) is 0 Å². The Labute approximate surface area is 214 Å². The van der Waals surface area contributed by atoms with Crippen molar-refractivity contribution in [3.8, 4) is 11.1 Å². The molecule has 3 aromatic carbocycles. The van der Waals surface area contributed by atoms with Crippen LogP contribution in [0.25, 0.3) is 27.3 Å². The normalized spacial score (nSPS) is 15.2. The van der Waals surface area contributed by atoms with E-state index >= 15 is 0 Å². The number of aliphatic carboxylic acids is 1. The molecule has 1 aliphatic rings. The van der Waals surface area contributed by atoms with E-state index in [9.17, 15) is 9.59 Å². The molecule has 1 aromatic heterocycles. The number of carboxylic acid groups (broad SMARTS) is 1. The molecule has 2 N–H and O–H groups in total. The number of fused-ring (bicyclic) bond motifs is 1. The predicted molar refractivity (Wildman–Crippen MR) is 146 cm³/mol. The van der Waals surface area contributed by atoms with Crippen LogP contribution >= 0.6 is 11.5 Å². The SMILES string of the molecule is O=C(O)/C=C/c1cccc(NC(=O)C2(Cc3ccc(-c4ccc5cnsc5c4)cc3)CCCCC2)c1. The number of rotatable bonds is 7. The van der Waals surface area contributed by atoms with Crippen molar-refractivity contribution in [2.45, 2.75) is 38.5 Å². The molecule has 4 aromatic rings. The van der Waals surface area contributed by atoms with Gasteiger partial charge in [-0.2, -0.15) is 4.37 Å². The van der Waals surface area contributed by atoms with Crippen molar-refractivity contribution in [3.63, 3.8) is 0 Å². The monoisotopic (exact) mass is 496 g/mol. The summed E-state index contributed by atoms with van der Waals surface area (Å²) in [6, 6.07) is 22.3. The molecule has 1 saturated carbocycles. The predicted octanol–water partition coefficient (Wildman–Crippen LogP) is 7.19. The van der Waals surface area contributed by atoms with Gasteiger partial charge in [-0.15, -0.1) is 0 Å². The second-order valence-corrected chi connectivity index (χ2v) is 10.4. The Balaban J connectivity index is 1.34. The number of hydrogen-bond donors (Lipinski definition) is 2. The number of anilines is 1. The first-order chi connectivity index (χ1) is 17.5. The number of nitrogens with zero attached hydrogens (tertiary/aromatic N) is 1. The van der Waals surface area contributed by atoms with E-state index in [1.165, 1.54) is 27.9 Å². The van der Waals surface area contributed by atoms with Gasteiger partial charge in [-0.3, -0.25) is 4.79 Å². The minimum Gasteiger partial charge on any atom is -0.478 e. The van der Waals surface area contributed by atoms with E-state index < -0.39 is 11.4 Å². The van der Waals surface area contributed by atoms with Gasteiger partial charge >= 0.3 is 5.97 Å². The fraction of sp³-hybridized carbons (Fsp3) is 0.233. The second-order valence-electron chi connectivity index (χ2n) is 9.54. The summed E-state index contributed by atoms with van der Waals surface area (Å²) in [7, 11) is 0. The molecule has 1 amide bonds. The summed E-state index contributed by atoms with van der Waals surface area (Å²) in [4.78, 5) is 24.5. The molecule has 1 aliphatic carbocycles. The first-order valence-electron chi connectivity index (χ1n) is 12.3. The lowest BCUT2D eigenvalue weighted by atomic mass is 9.69. The zero-order valence-electron chi connectivity index (χ0n) is 19.9. The summed E-state index contributed by atoms with van der Waals surface area (Å²) in [5.74, 6) is -0.956. The van der Waals surface area contributed by atoms with Gasteiger partial charge in [-0.1, -0.05) is 67.8 Å². The fourth-order valence-electron chi connectivity index (χ4n) is 5.11.